The van der Waals surface area contributed by atoms with E-state index in [-0.39, 0.29) is 15.7 Å². The Morgan fingerprint density at radius 2 is 1.60 bits per heavy atom. The molecule has 84 valence electrons. The predicted molar refractivity (Wildman–Crippen MR) is 54.1 cm³/mol. The molecule has 0 fully saturated rings. The number of hydrazine groups is 1. The Balaban J connectivity index is 3.19. The summed E-state index contributed by atoms with van der Waals surface area (Å²) < 4.78 is 36.9. The van der Waals surface area contributed by atoms with Crippen LogP contribution in [0.2, 0.25) is 10.0 Å². The van der Waals surface area contributed by atoms with Crippen molar-refractivity contribution in [2.75, 3.05) is 12.5 Å². The molecule has 0 aliphatic carbocycles. The first-order valence-electron chi connectivity index (χ1n) is 3.85. The zero-order valence-electron chi connectivity index (χ0n) is 7.54. The Hall–Kier alpha value is -0.650. The van der Waals surface area contributed by atoms with Crippen molar-refractivity contribution < 1.29 is 13.2 Å². The molecule has 0 heterocycles. The van der Waals surface area contributed by atoms with Gasteiger partial charge in [0, 0.05) is 7.05 Å². The summed E-state index contributed by atoms with van der Waals surface area (Å²) in [4.78, 5) is 0. The fourth-order valence-electron chi connectivity index (χ4n) is 0.981. The number of anilines is 1. The van der Waals surface area contributed by atoms with Gasteiger partial charge in [0.1, 0.15) is 0 Å². The molecule has 1 aromatic carbocycles. The lowest BCUT2D eigenvalue weighted by molar-refractivity contribution is -0.137. The van der Waals surface area contributed by atoms with Crippen molar-refractivity contribution >= 4 is 28.9 Å². The molecule has 2 N–H and O–H groups in total. The predicted octanol–water partition coefficient (Wildman–Crippen LogP) is 3.56. The van der Waals surface area contributed by atoms with Crippen molar-refractivity contribution in [2.45, 2.75) is 6.18 Å². The van der Waals surface area contributed by atoms with Crippen molar-refractivity contribution in [1.29, 1.82) is 0 Å². The van der Waals surface area contributed by atoms with Gasteiger partial charge >= 0.3 is 6.18 Å². The molecule has 0 aliphatic heterocycles. The van der Waals surface area contributed by atoms with Crippen LogP contribution in [0, 0.1) is 0 Å². The third-order valence-corrected chi connectivity index (χ3v) is 2.22. The van der Waals surface area contributed by atoms with Gasteiger partial charge in [-0.2, -0.15) is 13.2 Å². The van der Waals surface area contributed by atoms with E-state index < -0.39 is 11.7 Å². The number of halogens is 5. The summed E-state index contributed by atoms with van der Waals surface area (Å²) in [5.41, 5.74) is 4.41. The second-order valence-corrected chi connectivity index (χ2v) is 3.50. The summed E-state index contributed by atoms with van der Waals surface area (Å²) in [6.07, 6.45) is -4.45. The lowest BCUT2D eigenvalue weighted by Gasteiger charge is -2.12. The summed E-state index contributed by atoms with van der Waals surface area (Å²) >= 11 is 11.3. The second-order valence-electron chi connectivity index (χ2n) is 2.69. The van der Waals surface area contributed by atoms with Gasteiger partial charge in [-0.15, -0.1) is 0 Å². The minimum absolute atomic E-state index is 0.0934. The summed E-state index contributed by atoms with van der Waals surface area (Å²) in [6, 6.07) is 1.63. The molecule has 2 nitrogen and oxygen atoms in total. The van der Waals surface area contributed by atoms with Crippen LogP contribution in [0.15, 0.2) is 12.1 Å². The highest BCUT2D eigenvalue weighted by Gasteiger charge is 2.31. The Bertz CT molecular complexity index is 342. The van der Waals surface area contributed by atoms with Crippen molar-refractivity contribution in [3.05, 3.63) is 27.7 Å². The molecule has 0 atom stereocenters. The summed E-state index contributed by atoms with van der Waals surface area (Å²) in [5, 5.41) is -0.187. The molecule has 0 aliphatic rings. The number of nitrogens with one attached hydrogen (secondary N) is 2. The molecule has 0 spiro atoms. The maximum Gasteiger partial charge on any atom is 0.416 e. The van der Waals surface area contributed by atoms with Gasteiger partial charge in [-0.3, -0.25) is 0 Å². The smallest absolute Gasteiger partial charge is 0.319 e. The first kappa shape index (κ1) is 12.4. The van der Waals surface area contributed by atoms with Crippen molar-refractivity contribution in [2.24, 2.45) is 0 Å². The maximum atomic E-state index is 12.3. The zero-order valence-corrected chi connectivity index (χ0v) is 9.06. The molecule has 1 rings (SSSR count). The third-order valence-electron chi connectivity index (χ3n) is 1.62. The average molecular weight is 259 g/mol. The van der Waals surface area contributed by atoms with E-state index in [0.717, 1.165) is 12.1 Å². The number of rotatable bonds is 2. The van der Waals surface area contributed by atoms with E-state index in [0.29, 0.717) is 0 Å². The summed E-state index contributed by atoms with van der Waals surface area (Å²) in [7, 11) is 1.55. The van der Waals surface area contributed by atoms with Crippen LogP contribution >= 0.6 is 23.2 Å². The average Bonchev–Trinajstić information content (AvgIpc) is 2.09. The van der Waals surface area contributed by atoms with Gasteiger partial charge in [-0.25, -0.2) is 5.43 Å². The number of hydrogen-bond acceptors (Lipinski definition) is 2. The molecule has 0 unspecified atom stereocenters. The molecular weight excluding hydrogens is 252 g/mol. The summed E-state index contributed by atoms with van der Waals surface area (Å²) in [6.45, 7) is 0. The van der Waals surface area contributed by atoms with Gasteiger partial charge in [-0.05, 0) is 12.1 Å². The molecule has 0 amide bonds. The van der Waals surface area contributed by atoms with Gasteiger partial charge in [0.25, 0.3) is 0 Å². The monoisotopic (exact) mass is 258 g/mol. The van der Waals surface area contributed by atoms with Crippen LogP contribution in [-0.2, 0) is 6.18 Å². The highest BCUT2D eigenvalue weighted by molar-refractivity contribution is 6.39. The van der Waals surface area contributed by atoms with Crippen molar-refractivity contribution in [3.63, 3.8) is 0 Å². The van der Waals surface area contributed by atoms with Gasteiger partial charge < -0.3 is 5.43 Å². The zero-order chi connectivity index (χ0) is 11.6. The molecule has 0 aromatic heterocycles. The maximum absolute atomic E-state index is 12.3. The van der Waals surface area contributed by atoms with Crippen LogP contribution < -0.4 is 10.9 Å². The first-order valence-corrected chi connectivity index (χ1v) is 4.61. The van der Waals surface area contributed by atoms with Crippen LogP contribution in [0.5, 0.6) is 0 Å². The minimum atomic E-state index is -4.45. The topological polar surface area (TPSA) is 24.1 Å². The van der Waals surface area contributed by atoms with E-state index in [2.05, 4.69) is 10.9 Å². The van der Waals surface area contributed by atoms with E-state index in [1.165, 1.54) is 0 Å². The van der Waals surface area contributed by atoms with E-state index in [1.54, 1.807) is 7.05 Å². The highest BCUT2D eigenvalue weighted by Crippen LogP contribution is 2.38. The normalized spacial score (nSPS) is 11.6. The molecule has 0 saturated carbocycles. The third kappa shape index (κ3) is 2.90. The standard InChI is InChI=1S/C8H7Cl2F3N2/c1-14-15-7-5(9)2-4(3-6(7)10)8(11,12)13/h2-3,14-15H,1H3. The first-order chi connectivity index (χ1) is 6.86. The molecular formula is C8H7Cl2F3N2. The number of hydrogen-bond donors (Lipinski definition) is 2. The Morgan fingerprint density at radius 3 is 1.93 bits per heavy atom. The summed E-state index contributed by atoms with van der Waals surface area (Å²) in [5.74, 6) is 0. The van der Waals surface area contributed by atoms with E-state index >= 15 is 0 Å². The molecule has 1 aromatic rings. The van der Waals surface area contributed by atoms with E-state index in [1.807, 2.05) is 0 Å². The lowest BCUT2D eigenvalue weighted by atomic mass is 10.2. The Labute approximate surface area is 94.3 Å². The fraction of sp³-hybridized carbons (Fsp3) is 0.250. The van der Waals surface area contributed by atoms with Gasteiger partial charge in [-0.1, -0.05) is 23.2 Å². The Morgan fingerprint density at radius 1 is 1.13 bits per heavy atom. The van der Waals surface area contributed by atoms with Crippen LogP contribution in [0.1, 0.15) is 5.56 Å². The molecule has 7 heteroatoms. The van der Waals surface area contributed by atoms with Crippen molar-refractivity contribution in [1.82, 2.24) is 5.43 Å². The number of alkyl halides is 3. The molecule has 0 saturated heterocycles. The second kappa shape index (κ2) is 4.47. The SMILES string of the molecule is CNNc1c(Cl)cc(C(F)(F)F)cc1Cl. The molecule has 0 radical (unpaired) electrons. The van der Waals surface area contributed by atoms with Crippen LogP contribution in [0.3, 0.4) is 0 Å². The van der Waals surface area contributed by atoms with Gasteiger partial charge in [0.2, 0.25) is 0 Å². The fourth-order valence-corrected chi connectivity index (χ4v) is 1.56. The Kier molecular flexibility index (Phi) is 3.70. The molecule has 0 bridgehead atoms. The van der Waals surface area contributed by atoms with E-state index in [9.17, 15) is 13.2 Å². The van der Waals surface area contributed by atoms with E-state index in [4.69, 9.17) is 23.2 Å². The lowest BCUT2D eigenvalue weighted by Crippen LogP contribution is -2.16. The molecule has 15 heavy (non-hydrogen) atoms. The number of benzene rings is 1. The van der Waals surface area contributed by atoms with Gasteiger partial charge in [0.15, 0.2) is 0 Å². The largest absolute Gasteiger partial charge is 0.416 e. The van der Waals surface area contributed by atoms with Gasteiger partial charge in [0.05, 0.1) is 21.3 Å². The van der Waals surface area contributed by atoms with Crippen LogP contribution in [0.25, 0.3) is 0 Å². The van der Waals surface area contributed by atoms with Crippen LogP contribution in [0.4, 0.5) is 18.9 Å². The highest BCUT2D eigenvalue weighted by atomic mass is 35.5. The quantitative estimate of drug-likeness (QED) is 0.793. The minimum Gasteiger partial charge on any atom is -0.319 e. The van der Waals surface area contributed by atoms with Crippen LogP contribution in [-0.4, -0.2) is 7.05 Å². The van der Waals surface area contributed by atoms with Crippen molar-refractivity contribution in [3.8, 4) is 0 Å².